The van der Waals surface area contributed by atoms with Crippen LogP contribution in [-0.2, 0) is 4.74 Å². The standard InChI is InChI=1S/C22H22O12/c1-31-12-4-8(21-19(29)17(27)15-10(25)5-9(24)6-13(15)32-21)2-3-11(12)33-22-20(30)18(28)16(26)14(7-23)34-22/h2-6,14,16,18,20,22-26,28-30H,7H2,1H3/t14-,16-,18+,20-,22-/m0/s1. The molecule has 2 aromatic carbocycles. The fourth-order valence-electron chi connectivity index (χ4n) is 3.67. The van der Waals surface area contributed by atoms with E-state index in [1.165, 1.54) is 25.3 Å². The summed E-state index contributed by atoms with van der Waals surface area (Å²) in [7, 11) is 1.30. The van der Waals surface area contributed by atoms with Crippen molar-refractivity contribution in [3.63, 3.8) is 0 Å². The first-order valence-electron chi connectivity index (χ1n) is 10.0. The van der Waals surface area contributed by atoms with Gasteiger partial charge in [-0.1, -0.05) is 0 Å². The molecule has 0 unspecified atom stereocenters. The normalized spacial score (nSPS) is 24.8. The quantitative estimate of drug-likeness (QED) is 0.254. The predicted molar refractivity (Wildman–Crippen MR) is 114 cm³/mol. The SMILES string of the molecule is COc1cc(-c2oc3cc(O)cc(O)c3c(=O)c2O)ccc1O[C@H]1O[C@@H](CO)[C@H](O)[C@@H](O)[C@@H]1O. The highest BCUT2D eigenvalue weighted by molar-refractivity contribution is 5.88. The monoisotopic (exact) mass is 478 g/mol. The number of rotatable bonds is 5. The Kier molecular flexibility index (Phi) is 6.25. The molecule has 12 heteroatoms. The molecule has 7 N–H and O–H groups in total. The first kappa shape index (κ1) is 23.6. The zero-order valence-corrected chi connectivity index (χ0v) is 17.7. The van der Waals surface area contributed by atoms with E-state index in [9.17, 15) is 40.5 Å². The molecule has 0 bridgehead atoms. The van der Waals surface area contributed by atoms with Gasteiger partial charge in [0.25, 0.3) is 0 Å². The van der Waals surface area contributed by atoms with E-state index in [2.05, 4.69) is 0 Å². The molecule has 0 amide bonds. The zero-order chi connectivity index (χ0) is 24.7. The van der Waals surface area contributed by atoms with Crippen molar-refractivity contribution in [2.45, 2.75) is 30.7 Å². The fourth-order valence-corrected chi connectivity index (χ4v) is 3.67. The molecule has 0 radical (unpaired) electrons. The van der Waals surface area contributed by atoms with Crippen molar-refractivity contribution in [3.8, 4) is 40.1 Å². The zero-order valence-electron chi connectivity index (χ0n) is 17.7. The van der Waals surface area contributed by atoms with E-state index < -0.39 is 54.2 Å². The minimum absolute atomic E-state index is 0.0218. The van der Waals surface area contributed by atoms with Crippen molar-refractivity contribution < 1.29 is 54.4 Å². The predicted octanol–water partition coefficient (Wildman–Crippen LogP) is -0.236. The minimum Gasteiger partial charge on any atom is -0.508 e. The number of aliphatic hydroxyl groups excluding tert-OH is 4. The van der Waals surface area contributed by atoms with Gasteiger partial charge in [0, 0.05) is 17.7 Å². The van der Waals surface area contributed by atoms with Crippen molar-refractivity contribution in [2.24, 2.45) is 0 Å². The molecule has 1 aliphatic heterocycles. The van der Waals surface area contributed by atoms with Crippen LogP contribution in [0.1, 0.15) is 0 Å². The van der Waals surface area contributed by atoms with E-state index in [1.807, 2.05) is 0 Å². The van der Waals surface area contributed by atoms with Crippen LogP contribution < -0.4 is 14.9 Å². The van der Waals surface area contributed by atoms with E-state index in [0.29, 0.717) is 0 Å². The number of phenolic OH excluding ortho intramolecular Hbond substituents is 2. The minimum atomic E-state index is -1.65. The molecule has 5 atom stereocenters. The van der Waals surface area contributed by atoms with E-state index in [1.54, 1.807) is 0 Å². The van der Waals surface area contributed by atoms with Gasteiger partial charge in [0.05, 0.1) is 13.7 Å². The Labute approximate surface area is 191 Å². The summed E-state index contributed by atoms with van der Waals surface area (Å²) in [6.45, 7) is -0.633. The Morgan fingerprint density at radius 3 is 2.38 bits per heavy atom. The number of hydrogen-bond donors (Lipinski definition) is 7. The average molecular weight is 478 g/mol. The highest BCUT2D eigenvalue weighted by atomic mass is 16.7. The molecule has 0 saturated carbocycles. The van der Waals surface area contributed by atoms with Crippen LogP contribution >= 0.6 is 0 Å². The number of methoxy groups -OCH3 is 1. The molecule has 2 heterocycles. The van der Waals surface area contributed by atoms with Gasteiger partial charge in [-0.3, -0.25) is 4.79 Å². The van der Waals surface area contributed by atoms with Gasteiger partial charge in [0.1, 0.15) is 46.9 Å². The second-order valence-electron chi connectivity index (χ2n) is 7.63. The van der Waals surface area contributed by atoms with Crippen LogP contribution in [-0.4, -0.2) is 80.2 Å². The molecule has 3 aromatic rings. The van der Waals surface area contributed by atoms with Gasteiger partial charge in [-0.2, -0.15) is 0 Å². The van der Waals surface area contributed by atoms with Gasteiger partial charge in [0.15, 0.2) is 17.3 Å². The third-order valence-electron chi connectivity index (χ3n) is 5.45. The molecule has 4 rings (SSSR count). The van der Waals surface area contributed by atoms with Crippen molar-refractivity contribution in [3.05, 3.63) is 40.6 Å². The second-order valence-corrected chi connectivity index (χ2v) is 7.63. The smallest absolute Gasteiger partial charge is 0.238 e. The highest BCUT2D eigenvalue weighted by Gasteiger charge is 2.45. The number of ether oxygens (including phenoxy) is 3. The Morgan fingerprint density at radius 1 is 0.971 bits per heavy atom. The number of fused-ring (bicyclic) bond motifs is 1. The lowest BCUT2D eigenvalue weighted by atomic mass is 9.99. The summed E-state index contributed by atoms with van der Waals surface area (Å²) in [6.07, 6.45) is -7.48. The Hall–Kier alpha value is -3.55. The molecule has 0 aliphatic carbocycles. The number of aliphatic hydroxyl groups is 4. The third kappa shape index (κ3) is 3.97. The molecule has 182 valence electrons. The average Bonchev–Trinajstić information content (AvgIpc) is 2.81. The van der Waals surface area contributed by atoms with Gasteiger partial charge >= 0.3 is 0 Å². The van der Waals surface area contributed by atoms with E-state index in [-0.39, 0.29) is 39.5 Å². The molecular weight excluding hydrogens is 456 g/mol. The van der Waals surface area contributed by atoms with E-state index >= 15 is 0 Å². The lowest BCUT2D eigenvalue weighted by Gasteiger charge is -2.39. The van der Waals surface area contributed by atoms with Crippen molar-refractivity contribution in [1.82, 2.24) is 0 Å². The topological polar surface area (TPSA) is 200 Å². The fraction of sp³-hybridized carbons (Fsp3) is 0.318. The van der Waals surface area contributed by atoms with E-state index in [0.717, 1.165) is 12.1 Å². The van der Waals surface area contributed by atoms with Crippen molar-refractivity contribution >= 4 is 11.0 Å². The summed E-state index contributed by atoms with van der Waals surface area (Å²) in [4.78, 5) is 12.6. The Bertz CT molecular complexity index is 1270. The summed E-state index contributed by atoms with van der Waals surface area (Å²) in [5, 5.41) is 69.1. The van der Waals surface area contributed by atoms with Crippen LogP contribution in [0.5, 0.6) is 28.7 Å². The number of hydrogen-bond acceptors (Lipinski definition) is 12. The maximum Gasteiger partial charge on any atom is 0.238 e. The molecule has 1 aliphatic rings. The Balaban J connectivity index is 1.71. The summed E-state index contributed by atoms with van der Waals surface area (Å²) in [5.74, 6) is -1.92. The van der Waals surface area contributed by atoms with Crippen LogP contribution in [0, 0.1) is 0 Å². The maximum atomic E-state index is 12.6. The molecule has 12 nitrogen and oxygen atoms in total. The number of aromatic hydroxyl groups is 3. The first-order chi connectivity index (χ1) is 16.2. The first-order valence-corrected chi connectivity index (χ1v) is 10.0. The van der Waals surface area contributed by atoms with Crippen LogP contribution in [0.3, 0.4) is 0 Å². The van der Waals surface area contributed by atoms with Gasteiger partial charge in [-0.25, -0.2) is 0 Å². The van der Waals surface area contributed by atoms with E-state index in [4.69, 9.17) is 18.6 Å². The molecule has 1 fully saturated rings. The maximum absolute atomic E-state index is 12.6. The van der Waals surface area contributed by atoms with Gasteiger partial charge in [-0.05, 0) is 18.2 Å². The van der Waals surface area contributed by atoms with Crippen molar-refractivity contribution in [1.29, 1.82) is 0 Å². The van der Waals surface area contributed by atoms with Crippen molar-refractivity contribution in [2.75, 3.05) is 13.7 Å². The number of phenols is 2. The number of benzene rings is 2. The second kappa shape index (κ2) is 9.00. The molecular formula is C22H22O12. The summed E-state index contributed by atoms with van der Waals surface area (Å²) in [6, 6.07) is 6.11. The van der Waals surface area contributed by atoms with Gasteiger partial charge in [0.2, 0.25) is 17.5 Å². The van der Waals surface area contributed by atoms with Crippen LogP contribution in [0.4, 0.5) is 0 Å². The summed E-state index contributed by atoms with van der Waals surface area (Å²) < 4.78 is 21.7. The molecule has 1 aromatic heterocycles. The van der Waals surface area contributed by atoms with Crippen LogP contribution in [0.2, 0.25) is 0 Å². The van der Waals surface area contributed by atoms with Gasteiger partial charge < -0.3 is 54.4 Å². The van der Waals surface area contributed by atoms with Crippen LogP contribution in [0.25, 0.3) is 22.3 Å². The Morgan fingerprint density at radius 2 is 1.71 bits per heavy atom. The summed E-state index contributed by atoms with van der Waals surface area (Å²) >= 11 is 0. The lowest BCUT2D eigenvalue weighted by molar-refractivity contribution is -0.277. The summed E-state index contributed by atoms with van der Waals surface area (Å²) in [5.41, 5.74) is -0.928. The molecule has 0 spiro atoms. The molecule has 1 saturated heterocycles. The third-order valence-corrected chi connectivity index (χ3v) is 5.45. The largest absolute Gasteiger partial charge is 0.508 e. The van der Waals surface area contributed by atoms with Gasteiger partial charge in [-0.15, -0.1) is 0 Å². The highest BCUT2D eigenvalue weighted by Crippen LogP contribution is 2.39. The lowest BCUT2D eigenvalue weighted by Crippen LogP contribution is -2.60. The molecule has 34 heavy (non-hydrogen) atoms. The van der Waals surface area contributed by atoms with Crippen LogP contribution in [0.15, 0.2) is 39.5 Å².